The number of carbonyl (C=O) groups excluding carboxylic acids is 1. The number of carbonyl (C=O) groups is 1. The van der Waals surface area contributed by atoms with E-state index in [2.05, 4.69) is 5.32 Å². The maximum absolute atomic E-state index is 13.1. The molecule has 8 nitrogen and oxygen atoms in total. The van der Waals surface area contributed by atoms with Crippen LogP contribution in [0.25, 0.3) is 0 Å². The fraction of sp³-hybridized carbons (Fsp3) is 0.364. The molecule has 2 aromatic carbocycles. The molecule has 0 heterocycles. The number of ether oxygens (including phenoxy) is 2. The molecule has 0 atom stereocenters. The standard InChI is InChI=1S/C22H25Cl2N3O5S/c1-5-27(6-2)33(29,30)21-10-15(16(23)11-17(21)24)22(28)26-18-12-20(32-8-4)19(31-7-3)9-14(18)13-25/h9-12H,5-8H2,1-4H3,(H,26,28). The Morgan fingerprint density at radius 1 is 1.00 bits per heavy atom. The molecule has 0 spiro atoms. The van der Waals surface area contributed by atoms with Crippen molar-refractivity contribution in [1.82, 2.24) is 4.31 Å². The van der Waals surface area contributed by atoms with Crippen LogP contribution in [0, 0.1) is 11.3 Å². The van der Waals surface area contributed by atoms with Crippen LogP contribution in [0.1, 0.15) is 43.6 Å². The van der Waals surface area contributed by atoms with Crippen LogP contribution in [0.2, 0.25) is 10.0 Å². The van der Waals surface area contributed by atoms with Gasteiger partial charge in [0.1, 0.15) is 11.0 Å². The molecule has 0 saturated heterocycles. The summed E-state index contributed by atoms with van der Waals surface area (Å²) in [6, 6.07) is 7.29. The first-order valence-electron chi connectivity index (χ1n) is 10.3. The van der Waals surface area contributed by atoms with Crippen LogP contribution in [0.15, 0.2) is 29.2 Å². The van der Waals surface area contributed by atoms with Crippen LogP contribution in [0.5, 0.6) is 11.5 Å². The zero-order chi connectivity index (χ0) is 24.8. The van der Waals surface area contributed by atoms with Crippen LogP contribution in [-0.4, -0.2) is 44.9 Å². The molecule has 1 N–H and O–H groups in total. The lowest BCUT2D eigenvalue weighted by atomic mass is 10.1. The number of nitriles is 1. The lowest BCUT2D eigenvalue weighted by Crippen LogP contribution is -2.31. The molecule has 0 aliphatic carbocycles. The lowest BCUT2D eigenvalue weighted by molar-refractivity contribution is 0.102. The fourth-order valence-electron chi connectivity index (χ4n) is 3.09. The number of benzene rings is 2. The van der Waals surface area contributed by atoms with Gasteiger partial charge >= 0.3 is 0 Å². The first kappa shape index (κ1) is 26.7. The third kappa shape index (κ3) is 5.89. The SMILES string of the molecule is CCOc1cc(C#N)c(NC(=O)c2cc(S(=O)(=O)N(CC)CC)c(Cl)cc2Cl)cc1OCC. The number of amides is 1. The Hall–Kier alpha value is -2.51. The van der Waals surface area contributed by atoms with Gasteiger partial charge in [-0.05, 0) is 26.0 Å². The quantitative estimate of drug-likeness (QED) is 0.481. The summed E-state index contributed by atoms with van der Waals surface area (Å²) in [6.45, 7) is 8.15. The maximum Gasteiger partial charge on any atom is 0.257 e. The normalized spacial score (nSPS) is 11.2. The Kier molecular flexibility index (Phi) is 9.37. The summed E-state index contributed by atoms with van der Waals surface area (Å²) in [6.07, 6.45) is 0. The monoisotopic (exact) mass is 513 g/mol. The number of hydrogen-bond acceptors (Lipinski definition) is 6. The highest BCUT2D eigenvalue weighted by atomic mass is 35.5. The minimum atomic E-state index is -3.94. The van der Waals surface area contributed by atoms with Gasteiger partial charge < -0.3 is 14.8 Å². The largest absolute Gasteiger partial charge is 0.490 e. The molecule has 0 aliphatic rings. The van der Waals surface area contributed by atoms with E-state index in [1.807, 2.05) is 6.07 Å². The van der Waals surface area contributed by atoms with Gasteiger partial charge in [0.15, 0.2) is 11.5 Å². The van der Waals surface area contributed by atoms with Crippen LogP contribution in [-0.2, 0) is 10.0 Å². The van der Waals surface area contributed by atoms with E-state index in [1.54, 1.807) is 27.7 Å². The van der Waals surface area contributed by atoms with Crippen molar-refractivity contribution in [3.63, 3.8) is 0 Å². The minimum absolute atomic E-state index is 0.0366. The molecule has 0 aliphatic heterocycles. The van der Waals surface area contributed by atoms with Crippen molar-refractivity contribution >= 4 is 44.8 Å². The van der Waals surface area contributed by atoms with E-state index in [9.17, 15) is 18.5 Å². The number of hydrogen-bond donors (Lipinski definition) is 1. The summed E-state index contributed by atoms with van der Waals surface area (Å²) < 4.78 is 38.2. The summed E-state index contributed by atoms with van der Waals surface area (Å²) in [5, 5.41) is 12.0. The van der Waals surface area contributed by atoms with Gasteiger partial charge in [-0.3, -0.25) is 4.79 Å². The summed E-state index contributed by atoms with van der Waals surface area (Å²) >= 11 is 12.4. The van der Waals surface area contributed by atoms with Gasteiger partial charge in [0.05, 0.1) is 40.1 Å². The van der Waals surface area contributed by atoms with Crippen molar-refractivity contribution in [3.8, 4) is 17.6 Å². The molecule has 2 aromatic rings. The molecule has 0 saturated carbocycles. The highest BCUT2D eigenvalue weighted by molar-refractivity contribution is 7.89. The highest BCUT2D eigenvalue weighted by Crippen LogP contribution is 2.35. The van der Waals surface area contributed by atoms with Gasteiger partial charge in [0, 0.05) is 25.2 Å². The second-order valence-electron chi connectivity index (χ2n) is 6.63. The van der Waals surface area contributed by atoms with Crippen LogP contribution in [0.4, 0.5) is 5.69 Å². The first-order chi connectivity index (χ1) is 15.6. The van der Waals surface area contributed by atoms with E-state index in [0.29, 0.717) is 24.7 Å². The van der Waals surface area contributed by atoms with Crippen LogP contribution < -0.4 is 14.8 Å². The predicted octanol–water partition coefficient (Wildman–Crippen LogP) is 4.95. The topological polar surface area (TPSA) is 109 Å². The van der Waals surface area contributed by atoms with Gasteiger partial charge in [-0.1, -0.05) is 37.0 Å². The number of halogens is 2. The van der Waals surface area contributed by atoms with Crippen LogP contribution in [0.3, 0.4) is 0 Å². The fourth-order valence-corrected chi connectivity index (χ4v) is 5.38. The molecule has 33 heavy (non-hydrogen) atoms. The van der Waals surface area contributed by atoms with Gasteiger partial charge in [0.2, 0.25) is 10.0 Å². The number of nitrogens with one attached hydrogen (secondary N) is 1. The Morgan fingerprint density at radius 3 is 2.09 bits per heavy atom. The molecule has 11 heteroatoms. The van der Waals surface area contributed by atoms with Gasteiger partial charge in [-0.25, -0.2) is 8.42 Å². The predicted molar refractivity (Wildman–Crippen MR) is 128 cm³/mol. The Balaban J connectivity index is 2.53. The molecule has 0 fully saturated rings. The Labute approximate surface area is 204 Å². The number of anilines is 1. The van der Waals surface area contributed by atoms with E-state index in [1.165, 1.54) is 22.5 Å². The lowest BCUT2D eigenvalue weighted by Gasteiger charge is -2.20. The second-order valence-corrected chi connectivity index (χ2v) is 9.35. The molecule has 178 valence electrons. The number of sulfonamides is 1. The summed E-state index contributed by atoms with van der Waals surface area (Å²) in [4.78, 5) is 12.8. The number of rotatable bonds is 10. The molecule has 1 amide bonds. The van der Waals surface area contributed by atoms with E-state index in [-0.39, 0.29) is 44.8 Å². The average Bonchev–Trinajstić information content (AvgIpc) is 2.76. The van der Waals surface area contributed by atoms with Crippen LogP contribution >= 0.6 is 23.2 Å². The molecule has 2 rings (SSSR count). The van der Waals surface area contributed by atoms with Gasteiger partial charge in [-0.2, -0.15) is 9.57 Å². The minimum Gasteiger partial charge on any atom is -0.490 e. The van der Waals surface area contributed by atoms with Gasteiger partial charge in [-0.15, -0.1) is 0 Å². The molecule has 0 aromatic heterocycles. The molecular weight excluding hydrogens is 489 g/mol. The zero-order valence-electron chi connectivity index (χ0n) is 18.7. The smallest absolute Gasteiger partial charge is 0.257 e. The Bertz CT molecular complexity index is 1180. The van der Waals surface area contributed by atoms with Crippen molar-refractivity contribution in [1.29, 1.82) is 5.26 Å². The van der Waals surface area contributed by atoms with Crippen molar-refractivity contribution in [2.24, 2.45) is 0 Å². The first-order valence-corrected chi connectivity index (χ1v) is 12.5. The van der Waals surface area contributed by atoms with E-state index in [0.717, 1.165) is 6.07 Å². The van der Waals surface area contributed by atoms with Crippen molar-refractivity contribution in [2.45, 2.75) is 32.6 Å². The summed E-state index contributed by atoms with van der Waals surface area (Å²) in [5.74, 6) is 0.00227. The average molecular weight is 514 g/mol. The highest BCUT2D eigenvalue weighted by Gasteiger charge is 2.27. The maximum atomic E-state index is 13.1. The van der Waals surface area contributed by atoms with E-state index >= 15 is 0 Å². The molecule has 0 radical (unpaired) electrons. The number of nitrogens with zero attached hydrogens (tertiary/aromatic N) is 2. The Morgan fingerprint density at radius 2 is 1.58 bits per heavy atom. The third-order valence-corrected chi connectivity index (χ3v) is 7.47. The third-order valence-electron chi connectivity index (χ3n) is 4.64. The zero-order valence-corrected chi connectivity index (χ0v) is 21.1. The van der Waals surface area contributed by atoms with Crippen molar-refractivity contribution < 1.29 is 22.7 Å². The van der Waals surface area contributed by atoms with E-state index in [4.69, 9.17) is 32.7 Å². The molecule has 0 unspecified atom stereocenters. The molecular formula is C22H25Cl2N3O5S. The summed E-state index contributed by atoms with van der Waals surface area (Å²) in [5.41, 5.74) is 0.187. The van der Waals surface area contributed by atoms with Gasteiger partial charge in [0.25, 0.3) is 5.91 Å². The van der Waals surface area contributed by atoms with Crippen molar-refractivity contribution in [2.75, 3.05) is 31.6 Å². The second kappa shape index (κ2) is 11.6. The van der Waals surface area contributed by atoms with Crippen molar-refractivity contribution in [3.05, 3.63) is 45.4 Å². The summed E-state index contributed by atoms with van der Waals surface area (Å²) in [7, 11) is -3.94. The van der Waals surface area contributed by atoms with E-state index < -0.39 is 15.9 Å². The molecule has 0 bridgehead atoms.